The highest BCUT2D eigenvalue weighted by atomic mass is 16.5. The van der Waals surface area contributed by atoms with Crippen LogP contribution in [0.2, 0.25) is 0 Å². The average molecular weight is 359 g/mol. The van der Waals surface area contributed by atoms with Crippen molar-refractivity contribution in [2.24, 2.45) is 0 Å². The van der Waals surface area contributed by atoms with Gasteiger partial charge >= 0.3 is 5.97 Å². The van der Waals surface area contributed by atoms with Crippen LogP contribution in [-0.2, 0) is 14.3 Å². The minimum Gasteiger partial charge on any atom is -0.469 e. The fourth-order valence-electron chi connectivity index (χ4n) is 2.68. The van der Waals surface area contributed by atoms with Crippen molar-refractivity contribution in [3.05, 3.63) is 12.2 Å². The average Bonchev–Trinajstić information content (AvgIpc) is 2.62. The van der Waals surface area contributed by atoms with Gasteiger partial charge in [-0.25, -0.2) is 0 Å². The third-order valence-electron chi connectivity index (χ3n) is 4.42. The van der Waals surface area contributed by atoms with Crippen LogP contribution in [0.1, 0.15) is 77.6 Å². The number of aliphatic hydroxyl groups excluding tert-OH is 2. The summed E-state index contributed by atoms with van der Waals surface area (Å²) in [4.78, 5) is 11.0. The van der Waals surface area contributed by atoms with Crippen LogP contribution in [-0.4, -0.2) is 48.7 Å². The smallest absolute Gasteiger partial charge is 0.305 e. The molecular weight excluding hydrogens is 320 g/mol. The van der Waals surface area contributed by atoms with Crippen LogP contribution >= 0.6 is 0 Å². The zero-order chi connectivity index (χ0) is 18.9. The summed E-state index contributed by atoms with van der Waals surface area (Å²) in [5, 5.41) is 19.9. The highest BCUT2D eigenvalue weighted by molar-refractivity contribution is 5.68. The number of carbonyl (C=O) groups is 1. The summed E-state index contributed by atoms with van der Waals surface area (Å²) < 4.78 is 10.0. The van der Waals surface area contributed by atoms with E-state index in [1.165, 1.54) is 7.11 Å². The van der Waals surface area contributed by atoms with E-state index in [9.17, 15) is 15.0 Å². The van der Waals surface area contributed by atoms with Crippen molar-refractivity contribution >= 4 is 5.97 Å². The number of hydrogen-bond donors (Lipinski definition) is 2. The van der Waals surface area contributed by atoms with Crippen molar-refractivity contribution < 1.29 is 24.5 Å². The highest BCUT2D eigenvalue weighted by Gasteiger charge is 2.13. The number of carbonyl (C=O) groups excluding carboxylic acids is 1. The Kier molecular flexibility index (Phi) is 16.0. The first-order valence-corrected chi connectivity index (χ1v) is 9.69. The summed E-state index contributed by atoms with van der Waals surface area (Å²) in [6.45, 7) is 2.12. The van der Waals surface area contributed by atoms with E-state index in [2.05, 4.69) is 11.7 Å². The van der Waals surface area contributed by atoms with Gasteiger partial charge in [-0.1, -0.05) is 64.0 Å². The number of methoxy groups -OCH3 is 2. The Labute approximate surface area is 153 Å². The fraction of sp³-hybridized carbons (Fsp3) is 0.850. The minimum atomic E-state index is -0.826. The lowest BCUT2D eigenvalue weighted by molar-refractivity contribution is -0.140. The van der Waals surface area contributed by atoms with Gasteiger partial charge in [-0.05, 0) is 19.3 Å². The maximum Gasteiger partial charge on any atom is 0.305 e. The monoisotopic (exact) mass is 358 g/mol. The van der Waals surface area contributed by atoms with Gasteiger partial charge < -0.3 is 19.7 Å². The number of esters is 1. The molecule has 0 aliphatic heterocycles. The molecule has 5 heteroatoms. The van der Waals surface area contributed by atoms with Gasteiger partial charge in [0.1, 0.15) is 0 Å². The molecule has 0 amide bonds. The van der Waals surface area contributed by atoms with Crippen molar-refractivity contribution in [1.82, 2.24) is 0 Å². The molecule has 2 N–H and O–H groups in total. The Morgan fingerprint density at radius 1 is 0.920 bits per heavy atom. The SMILES string of the molecule is CCCCCC(O)C(O)C=CC(CCCCCCCC(=O)OC)OC. The van der Waals surface area contributed by atoms with Crippen LogP contribution < -0.4 is 0 Å². The second-order valence-electron chi connectivity index (χ2n) is 6.60. The first-order chi connectivity index (χ1) is 12.0. The molecule has 5 nitrogen and oxygen atoms in total. The number of ether oxygens (including phenoxy) is 2. The first-order valence-electron chi connectivity index (χ1n) is 9.69. The molecule has 0 aromatic carbocycles. The summed E-state index contributed by atoms with van der Waals surface area (Å²) in [6, 6.07) is 0. The van der Waals surface area contributed by atoms with Gasteiger partial charge in [-0.15, -0.1) is 0 Å². The zero-order valence-electron chi connectivity index (χ0n) is 16.3. The number of aliphatic hydroxyl groups is 2. The molecule has 0 saturated carbocycles. The van der Waals surface area contributed by atoms with Crippen LogP contribution in [0, 0.1) is 0 Å². The van der Waals surface area contributed by atoms with E-state index in [0.29, 0.717) is 12.8 Å². The van der Waals surface area contributed by atoms with E-state index >= 15 is 0 Å². The van der Waals surface area contributed by atoms with E-state index in [0.717, 1.165) is 57.8 Å². The molecule has 0 bridgehead atoms. The maximum atomic E-state index is 11.0. The van der Waals surface area contributed by atoms with Gasteiger partial charge in [0.05, 0.1) is 25.4 Å². The Bertz CT molecular complexity index is 343. The van der Waals surface area contributed by atoms with E-state index in [-0.39, 0.29) is 12.1 Å². The van der Waals surface area contributed by atoms with Gasteiger partial charge in [-0.2, -0.15) is 0 Å². The van der Waals surface area contributed by atoms with Crippen molar-refractivity contribution in [1.29, 1.82) is 0 Å². The summed E-state index contributed by atoms with van der Waals surface area (Å²) in [6.07, 6.45) is 12.2. The predicted octanol–water partition coefficient (Wildman–Crippen LogP) is 3.76. The molecule has 0 saturated heterocycles. The van der Waals surface area contributed by atoms with Gasteiger partial charge in [0.2, 0.25) is 0 Å². The van der Waals surface area contributed by atoms with E-state index < -0.39 is 12.2 Å². The van der Waals surface area contributed by atoms with Gasteiger partial charge in [-0.3, -0.25) is 4.79 Å². The van der Waals surface area contributed by atoms with E-state index in [1.54, 1.807) is 13.2 Å². The molecule has 0 fully saturated rings. The van der Waals surface area contributed by atoms with Crippen molar-refractivity contribution in [2.75, 3.05) is 14.2 Å². The van der Waals surface area contributed by atoms with Crippen LogP contribution in [0.5, 0.6) is 0 Å². The summed E-state index contributed by atoms with van der Waals surface area (Å²) in [7, 11) is 3.08. The van der Waals surface area contributed by atoms with E-state index in [4.69, 9.17) is 4.74 Å². The Balaban J connectivity index is 3.84. The largest absolute Gasteiger partial charge is 0.469 e. The van der Waals surface area contributed by atoms with Crippen molar-refractivity contribution in [3.63, 3.8) is 0 Å². The molecule has 148 valence electrons. The van der Waals surface area contributed by atoms with Crippen LogP contribution in [0.3, 0.4) is 0 Å². The molecule has 0 aliphatic carbocycles. The molecule has 25 heavy (non-hydrogen) atoms. The molecule has 0 aromatic rings. The molecule has 0 heterocycles. The van der Waals surface area contributed by atoms with Crippen LogP contribution in [0.15, 0.2) is 12.2 Å². The molecular formula is C20H38O5. The normalized spacial score (nSPS) is 15.2. The molecule has 3 unspecified atom stereocenters. The molecule has 0 aliphatic rings. The Hall–Kier alpha value is -0.910. The molecule has 0 rings (SSSR count). The van der Waals surface area contributed by atoms with Crippen LogP contribution in [0.4, 0.5) is 0 Å². The molecule has 0 radical (unpaired) electrons. The third kappa shape index (κ3) is 14.0. The standard InChI is InChI=1S/C20H38O5/c1-4-5-9-13-18(21)19(22)16-15-17(24-2)12-10-7-6-8-11-14-20(23)25-3/h15-19,21-22H,4-14H2,1-3H3. The Morgan fingerprint density at radius 3 is 2.20 bits per heavy atom. The quantitative estimate of drug-likeness (QED) is 0.250. The minimum absolute atomic E-state index is 0.0347. The highest BCUT2D eigenvalue weighted by Crippen LogP contribution is 2.13. The number of hydrogen-bond acceptors (Lipinski definition) is 5. The summed E-state index contributed by atoms with van der Waals surface area (Å²) >= 11 is 0. The third-order valence-corrected chi connectivity index (χ3v) is 4.42. The second kappa shape index (κ2) is 16.6. The Morgan fingerprint density at radius 2 is 1.56 bits per heavy atom. The van der Waals surface area contributed by atoms with E-state index in [1.807, 2.05) is 6.08 Å². The van der Waals surface area contributed by atoms with Gasteiger partial charge in [0, 0.05) is 13.5 Å². The van der Waals surface area contributed by atoms with Crippen molar-refractivity contribution in [3.8, 4) is 0 Å². The molecule has 0 spiro atoms. The first kappa shape index (κ1) is 24.1. The number of rotatable bonds is 16. The lowest BCUT2D eigenvalue weighted by Crippen LogP contribution is -2.24. The topological polar surface area (TPSA) is 76.0 Å². The lowest BCUT2D eigenvalue weighted by atomic mass is 10.0. The van der Waals surface area contributed by atoms with Crippen LogP contribution in [0.25, 0.3) is 0 Å². The van der Waals surface area contributed by atoms with Crippen molar-refractivity contribution in [2.45, 2.75) is 95.9 Å². The zero-order valence-corrected chi connectivity index (χ0v) is 16.3. The predicted molar refractivity (Wildman–Crippen MR) is 100 cm³/mol. The van der Waals surface area contributed by atoms with Gasteiger partial charge in [0.15, 0.2) is 0 Å². The second-order valence-corrected chi connectivity index (χ2v) is 6.60. The number of unbranched alkanes of at least 4 members (excludes halogenated alkanes) is 6. The fourth-order valence-corrected chi connectivity index (χ4v) is 2.68. The molecule has 3 atom stereocenters. The molecule has 0 aromatic heterocycles. The lowest BCUT2D eigenvalue weighted by Gasteiger charge is -2.16. The summed E-state index contributed by atoms with van der Waals surface area (Å²) in [5.74, 6) is -0.139. The maximum absolute atomic E-state index is 11.0. The summed E-state index contributed by atoms with van der Waals surface area (Å²) in [5.41, 5.74) is 0. The van der Waals surface area contributed by atoms with Gasteiger partial charge in [0.25, 0.3) is 0 Å².